The van der Waals surface area contributed by atoms with E-state index in [1.165, 1.54) is 12.1 Å². The zero-order chi connectivity index (χ0) is 20.5. The van der Waals surface area contributed by atoms with Crippen molar-refractivity contribution >= 4 is 18.3 Å². The Bertz CT molecular complexity index is 918. The molecule has 0 aliphatic heterocycles. The van der Waals surface area contributed by atoms with Gasteiger partial charge in [0.2, 0.25) is 5.91 Å². The van der Waals surface area contributed by atoms with Gasteiger partial charge in [-0.05, 0) is 53.9 Å². The minimum absolute atomic E-state index is 0. The molecule has 160 valence electrons. The third kappa shape index (κ3) is 7.54. The Labute approximate surface area is 182 Å². The Kier molecular flexibility index (Phi) is 9.38. The highest BCUT2D eigenvalue weighted by atomic mass is 35.5. The summed E-state index contributed by atoms with van der Waals surface area (Å²) in [6, 6.07) is 17.9. The van der Waals surface area contributed by atoms with E-state index in [0.29, 0.717) is 26.2 Å². The molecule has 3 rings (SSSR count). The van der Waals surface area contributed by atoms with Crippen molar-refractivity contribution in [3.63, 3.8) is 0 Å². The zero-order valence-corrected chi connectivity index (χ0v) is 17.7. The first kappa shape index (κ1) is 23.4. The minimum atomic E-state index is -0.271. The van der Waals surface area contributed by atoms with E-state index in [-0.39, 0.29) is 24.1 Å². The van der Waals surface area contributed by atoms with Gasteiger partial charge in [0.25, 0.3) is 0 Å². The lowest BCUT2D eigenvalue weighted by atomic mass is 10.1. The van der Waals surface area contributed by atoms with Crippen LogP contribution in [0, 0.1) is 5.82 Å². The van der Waals surface area contributed by atoms with Gasteiger partial charge in [-0.3, -0.25) is 9.69 Å². The van der Waals surface area contributed by atoms with Gasteiger partial charge in [0.05, 0.1) is 19.4 Å². The lowest BCUT2D eigenvalue weighted by Crippen LogP contribution is -2.36. The minimum Gasteiger partial charge on any atom is -0.489 e. The normalized spacial score (nSPS) is 10.5. The smallest absolute Gasteiger partial charge is 0.233 e. The van der Waals surface area contributed by atoms with Gasteiger partial charge in [0.1, 0.15) is 23.9 Å². The first-order valence-corrected chi connectivity index (χ1v) is 9.54. The highest BCUT2D eigenvalue weighted by Crippen LogP contribution is 2.17. The molecule has 1 heterocycles. The predicted molar refractivity (Wildman–Crippen MR) is 116 cm³/mol. The molecular weight excluding hydrogens is 407 g/mol. The molecule has 0 saturated heterocycles. The topological polar surface area (TPSA) is 54.7 Å². The van der Waals surface area contributed by atoms with E-state index < -0.39 is 0 Å². The maximum atomic E-state index is 13.3. The summed E-state index contributed by atoms with van der Waals surface area (Å²) in [4.78, 5) is 13.9. The molecule has 30 heavy (non-hydrogen) atoms. The van der Waals surface area contributed by atoms with Gasteiger partial charge in [0, 0.05) is 13.6 Å². The number of hydrogen-bond donors (Lipinski definition) is 1. The second kappa shape index (κ2) is 12.0. The molecule has 7 heteroatoms. The summed E-state index contributed by atoms with van der Waals surface area (Å²) in [5.74, 6) is 1.24. The summed E-state index contributed by atoms with van der Waals surface area (Å²) in [5, 5.41) is 2.66. The molecule has 0 radical (unpaired) electrons. The Balaban J connectivity index is 0.00000320. The Morgan fingerprint density at radius 2 is 1.90 bits per heavy atom. The van der Waals surface area contributed by atoms with E-state index in [0.717, 1.165) is 29.1 Å². The second-order valence-electron chi connectivity index (χ2n) is 6.78. The summed E-state index contributed by atoms with van der Waals surface area (Å²) in [7, 11) is 1.63. The molecule has 1 aromatic heterocycles. The summed E-state index contributed by atoms with van der Waals surface area (Å²) >= 11 is 0. The van der Waals surface area contributed by atoms with Gasteiger partial charge in [-0.15, -0.1) is 12.4 Å². The molecule has 3 aromatic rings. The van der Waals surface area contributed by atoms with E-state index in [1.807, 2.05) is 47.4 Å². The van der Waals surface area contributed by atoms with Crippen LogP contribution in [0.4, 0.5) is 4.39 Å². The first-order valence-electron chi connectivity index (χ1n) is 9.54. The molecule has 0 fully saturated rings. The third-order valence-electron chi connectivity index (χ3n) is 4.52. The lowest BCUT2D eigenvalue weighted by molar-refractivity contribution is -0.121. The molecule has 1 amide bonds. The van der Waals surface area contributed by atoms with Crippen LogP contribution >= 0.6 is 12.4 Å². The summed E-state index contributed by atoms with van der Waals surface area (Å²) in [5.41, 5.74) is 1.88. The van der Waals surface area contributed by atoms with Crippen LogP contribution in [0.2, 0.25) is 0 Å². The summed E-state index contributed by atoms with van der Waals surface area (Å²) < 4.78 is 24.5. The number of hydrogen-bond acceptors (Lipinski definition) is 4. The molecule has 0 aliphatic rings. The zero-order valence-electron chi connectivity index (χ0n) is 16.8. The fourth-order valence-electron chi connectivity index (χ4n) is 2.99. The van der Waals surface area contributed by atoms with Crippen LogP contribution < -0.4 is 10.1 Å². The molecule has 0 atom stereocenters. The van der Waals surface area contributed by atoms with Crippen LogP contribution in [0.1, 0.15) is 16.9 Å². The van der Waals surface area contributed by atoms with Crippen LogP contribution in [0.3, 0.4) is 0 Å². The average molecular weight is 433 g/mol. The molecule has 0 unspecified atom stereocenters. The van der Waals surface area contributed by atoms with E-state index in [4.69, 9.17) is 9.15 Å². The first-order chi connectivity index (χ1) is 14.1. The van der Waals surface area contributed by atoms with Gasteiger partial charge in [0.15, 0.2) is 0 Å². The third-order valence-corrected chi connectivity index (χ3v) is 4.52. The van der Waals surface area contributed by atoms with E-state index >= 15 is 0 Å². The van der Waals surface area contributed by atoms with Crippen molar-refractivity contribution in [2.45, 2.75) is 19.6 Å². The monoisotopic (exact) mass is 432 g/mol. The quantitative estimate of drug-likeness (QED) is 0.521. The van der Waals surface area contributed by atoms with Crippen molar-refractivity contribution in [3.8, 4) is 5.75 Å². The van der Waals surface area contributed by atoms with Gasteiger partial charge in [-0.2, -0.15) is 0 Å². The number of halogens is 2. The molecule has 0 saturated carbocycles. The number of ether oxygens (including phenoxy) is 1. The maximum Gasteiger partial charge on any atom is 0.233 e. The summed E-state index contributed by atoms with van der Waals surface area (Å²) in [6.07, 6.45) is 2.39. The summed E-state index contributed by atoms with van der Waals surface area (Å²) in [6.45, 7) is 1.87. The van der Waals surface area contributed by atoms with E-state index in [9.17, 15) is 9.18 Å². The number of nitrogens with zero attached hydrogens (tertiary/aromatic N) is 1. The van der Waals surface area contributed by atoms with Crippen molar-refractivity contribution in [1.29, 1.82) is 0 Å². The number of carbonyl (C=O) groups is 1. The van der Waals surface area contributed by atoms with Crippen molar-refractivity contribution in [3.05, 3.63) is 89.6 Å². The maximum absolute atomic E-state index is 13.3. The molecular formula is C23H26ClFN2O3. The average Bonchev–Trinajstić information content (AvgIpc) is 3.24. The van der Waals surface area contributed by atoms with Gasteiger partial charge in [-0.25, -0.2) is 4.39 Å². The number of furan rings is 1. The molecule has 0 bridgehead atoms. The Morgan fingerprint density at radius 1 is 1.10 bits per heavy atom. The van der Waals surface area contributed by atoms with E-state index in [1.54, 1.807) is 19.4 Å². The highest BCUT2D eigenvalue weighted by molar-refractivity contribution is 5.85. The number of rotatable bonds is 10. The fourth-order valence-corrected chi connectivity index (χ4v) is 2.99. The number of amides is 1. The fraction of sp³-hybridized carbons (Fsp3) is 0.261. The van der Waals surface area contributed by atoms with Gasteiger partial charge >= 0.3 is 0 Å². The van der Waals surface area contributed by atoms with Crippen molar-refractivity contribution in [2.75, 3.05) is 20.1 Å². The van der Waals surface area contributed by atoms with Crippen molar-refractivity contribution in [2.24, 2.45) is 0 Å². The van der Waals surface area contributed by atoms with Crippen molar-refractivity contribution < 1.29 is 18.3 Å². The second-order valence-corrected chi connectivity index (χ2v) is 6.78. The van der Waals surface area contributed by atoms with Crippen LogP contribution in [0.25, 0.3) is 0 Å². The van der Waals surface area contributed by atoms with Gasteiger partial charge < -0.3 is 14.5 Å². The molecule has 0 spiro atoms. The van der Waals surface area contributed by atoms with Crippen LogP contribution in [0.15, 0.2) is 71.3 Å². The molecule has 0 aliphatic carbocycles. The highest BCUT2D eigenvalue weighted by Gasteiger charge is 2.12. The van der Waals surface area contributed by atoms with Gasteiger partial charge in [-0.1, -0.05) is 24.3 Å². The standard InChI is InChI=1S/C23H25FN2O3.ClH/c1-25-23(27)16-26(15-22-9-4-12-28-22)11-10-18-5-3-8-21(14-18)29-17-19-6-2-7-20(24)13-19;/h2-9,12-14H,10-11,15-17H2,1H3,(H,25,27);1H. The Morgan fingerprint density at radius 3 is 2.63 bits per heavy atom. The van der Waals surface area contributed by atoms with Crippen LogP contribution in [-0.4, -0.2) is 30.9 Å². The SMILES string of the molecule is CNC(=O)CN(CCc1cccc(OCc2cccc(F)c2)c1)Cc1ccco1.Cl. The molecule has 2 aromatic carbocycles. The molecule has 1 N–H and O–H groups in total. The lowest BCUT2D eigenvalue weighted by Gasteiger charge is -2.20. The Hall–Kier alpha value is -2.83. The molecule has 5 nitrogen and oxygen atoms in total. The number of likely N-dealkylation sites (N-methyl/N-ethyl adjacent to an activating group) is 1. The number of carbonyl (C=O) groups excluding carboxylic acids is 1. The van der Waals surface area contributed by atoms with Crippen LogP contribution in [0.5, 0.6) is 5.75 Å². The number of nitrogens with one attached hydrogen (secondary N) is 1. The van der Waals surface area contributed by atoms with E-state index in [2.05, 4.69) is 5.32 Å². The number of benzene rings is 2. The van der Waals surface area contributed by atoms with Crippen LogP contribution in [-0.2, 0) is 24.4 Å². The van der Waals surface area contributed by atoms with Crippen molar-refractivity contribution in [1.82, 2.24) is 10.2 Å². The predicted octanol–water partition coefficient (Wildman–Crippen LogP) is 4.21. The largest absolute Gasteiger partial charge is 0.489 e.